The summed E-state index contributed by atoms with van der Waals surface area (Å²) in [5.41, 5.74) is 0. The number of halogens is 2. The fourth-order valence-corrected chi connectivity index (χ4v) is 2.27. The van der Waals surface area contributed by atoms with E-state index < -0.39 is 0 Å². The Morgan fingerprint density at radius 3 is 2.24 bits per heavy atom. The highest BCUT2D eigenvalue weighted by molar-refractivity contribution is 7.80. The minimum absolute atomic E-state index is 0.500. The molecule has 0 fully saturated rings. The van der Waals surface area contributed by atoms with Gasteiger partial charge in [-0.1, -0.05) is 23.2 Å². The molecule has 0 aliphatic heterocycles. The van der Waals surface area contributed by atoms with Gasteiger partial charge < -0.3 is 4.74 Å². The Kier molecular flexibility index (Phi) is 4.15. The molecule has 0 radical (unpaired) electrons. The largest absolute Gasteiger partial charge is 0.455 e. The van der Waals surface area contributed by atoms with E-state index in [1.54, 1.807) is 36.4 Å². The molecule has 2 aromatic carbocycles. The van der Waals surface area contributed by atoms with Crippen molar-refractivity contribution in [2.24, 2.45) is 0 Å². The minimum atomic E-state index is 0.500. The Morgan fingerprint density at radius 2 is 1.59 bits per heavy atom. The van der Waals surface area contributed by atoms with Gasteiger partial charge in [-0.15, -0.1) is 25.3 Å². The summed E-state index contributed by atoms with van der Waals surface area (Å²) in [4.78, 5) is 1.44. The summed E-state index contributed by atoms with van der Waals surface area (Å²) in [6.45, 7) is 0. The predicted molar refractivity (Wildman–Crippen MR) is 77.5 cm³/mol. The average molecular weight is 303 g/mol. The van der Waals surface area contributed by atoms with E-state index in [-0.39, 0.29) is 0 Å². The molecule has 1 nitrogen and oxygen atoms in total. The number of thiol groups is 2. The molecule has 0 aromatic heterocycles. The van der Waals surface area contributed by atoms with Crippen LogP contribution in [0.25, 0.3) is 0 Å². The molecule has 2 aromatic rings. The molecule has 0 spiro atoms. The lowest BCUT2D eigenvalue weighted by atomic mass is 10.3. The quantitative estimate of drug-likeness (QED) is 0.710. The van der Waals surface area contributed by atoms with Gasteiger partial charge in [-0.05, 0) is 36.4 Å². The number of hydrogen-bond acceptors (Lipinski definition) is 3. The van der Waals surface area contributed by atoms with Gasteiger partial charge in [0.1, 0.15) is 11.5 Å². The molecule has 0 amide bonds. The van der Waals surface area contributed by atoms with E-state index in [0.29, 0.717) is 26.4 Å². The van der Waals surface area contributed by atoms with Gasteiger partial charge in [0.05, 0.1) is 5.02 Å². The van der Waals surface area contributed by atoms with E-state index in [2.05, 4.69) is 25.3 Å². The number of benzene rings is 2. The number of rotatable bonds is 2. The Hall–Kier alpha value is -0.480. The van der Waals surface area contributed by atoms with Crippen LogP contribution in [-0.4, -0.2) is 0 Å². The first-order valence-corrected chi connectivity index (χ1v) is 6.36. The van der Waals surface area contributed by atoms with Crippen LogP contribution >= 0.6 is 48.5 Å². The number of hydrogen-bond donors (Lipinski definition) is 2. The van der Waals surface area contributed by atoms with E-state index in [9.17, 15) is 0 Å². The second kappa shape index (κ2) is 5.44. The topological polar surface area (TPSA) is 9.23 Å². The van der Waals surface area contributed by atoms with Crippen LogP contribution in [0.5, 0.6) is 11.5 Å². The van der Waals surface area contributed by atoms with Crippen molar-refractivity contribution in [3.63, 3.8) is 0 Å². The SMILES string of the molecule is Sc1ccc(Oc2ccc(Cl)cc2S)c(Cl)c1. The highest BCUT2D eigenvalue weighted by Crippen LogP contribution is 2.34. The molecule has 17 heavy (non-hydrogen) atoms. The summed E-state index contributed by atoms with van der Waals surface area (Å²) in [5, 5.41) is 1.11. The van der Waals surface area contributed by atoms with Crippen LogP contribution < -0.4 is 4.74 Å². The van der Waals surface area contributed by atoms with Crippen molar-refractivity contribution in [3.8, 4) is 11.5 Å². The third-order valence-electron chi connectivity index (χ3n) is 2.06. The van der Waals surface area contributed by atoms with Gasteiger partial charge in [0.15, 0.2) is 0 Å². The summed E-state index contributed by atoms with van der Waals surface area (Å²) in [5.74, 6) is 1.16. The van der Waals surface area contributed by atoms with Crippen LogP contribution in [0.2, 0.25) is 10.0 Å². The second-order valence-corrected chi connectivity index (χ2v) is 5.17. The highest BCUT2D eigenvalue weighted by Gasteiger charge is 2.06. The zero-order valence-corrected chi connectivity index (χ0v) is 11.8. The van der Waals surface area contributed by atoms with Gasteiger partial charge in [0, 0.05) is 14.8 Å². The van der Waals surface area contributed by atoms with Gasteiger partial charge in [-0.25, -0.2) is 0 Å². The molecule has 88 valence electrons. The molecule has 0 N–H and O–H groups in total. The summed E-state index contributed by atoms with van der Waals surface area (Å²) in [7, 11) is 0. The van der Waals surface area contributed by atoms with Gasteiger partial charge >= 0.3 is 0 Å². The van der Waals surface area contributed by atoms with Crippen molar-refractivity contribution in [3.05, 3.63) is 46.4 Å². The molecule has 0 atom stereocenters. The predicted octanol–water partition coefficient (Wildman–Crippen LogP) is 5.36. The summed E-state index contributed by atoms with van der Waals surface area (Å²) >= 11 is 20.3. The van der Waals surface area contributed by atoms with Crippen molar-refractivity contribution in [1.29, 1.82) is 0 Å². The first-order valence-electron chi connectivity index (χ1n) is 4.71. The molecule has 0 unspecified atom stereocenters. The normalized spacial score (nSPS) is 10.4. The van der Waals surface area contributed by atoms with Crippen LogP contribution in [0.4, 0.5) is 0 Å². The highest BCUT2D eigenvalue weighted by atomic mass is 35.5. The maximum atomic E-state index is 6.04. The molecule has 0 heterocycles. The molecule has 0 aliphatic rings. The molecule has 0 bridgehead atoms. The fourth-order valence-electron chi connectivity index (χ4n) is 1.27. The fraction of sp³-hybridized carbons (Fsp3) is 0. The summed E-state index contributed by atoms with van der Waals surface area (Å²) in [6.07, 6.45) is 0. The first kappa shape index (κ1) is 13.0. The zero-order valence-electron chi connectivity index (χ0n) is 8.52. The van der Waals surface area contributed by atoms with E-state index in [4.69, 9.17) is 27.9 Å². The molecule has 2 rings (SSSR count). The standard InChI is InChI=1S/C12H8Cl2OS2/c13-7-1-3-11(12(17)5-7)15-10-4-2-8(16)6-9(10)14/h1-6,16-17H. The first-order chi connectivity index (χ1) is 8.06. The van der Waals surface area contributed by atoms with Crippen LogP contribution in [0.3, 0.4) is 0 Å². The minimum Gasteiger partial charge on any atom is -0.455 e. The van der Waals surface area contributed by atoms with E-state index in [0.717, 1.165) is 4.90 Å². The third-order valence-corrected chi connectivity index (χ3v) is 3.21. The third kappa shape index (κ3) is 3.26. The van der Waals surface area contributed by atoms with E-state index in [1.807, 2.05) is 0 Å². The van der Waals surface area contributed by atoms with Crippen LogP contribution in [0.15, 0.2) is 46.2 Å². The summed E-state index contributed by atoms with van der Waals surface area (Å²) in [6, 6.07) is 10.5. The van der Waals surface area contributed by atoms with Crippen molar-refractivity contribution < 1.29 is 4.74 Å². The Labute approximate surface area is 121 Å². The second-order valence-electron chi connectivity index (χ2n) is 3.33. The van der Waals surface area contributed by atoms with E-state index in [1.165, 1.54) is 0 Å². The number of ether oxygens (including phenoxy) is 1. The molecule has 5 heteroatoms. The Bertz CT molecular complexity index is 509. The van der Waals surface area contributed by atoms with Crippen LogP contribution in [0.1, 0.15) is 0 Å². The molecule has 0 saturated carbocycles. The molecular formula is C12H8Cl2OS2. The van der Waals surface area contributed by atoms with Gasteiger partial charge in [0.25, 0.3) is 0 Å². The smallest absolute Gasteiger partial charge is 0.146 e. The lowest BCUT2D eigenvalue weighted by Gasteiger charge is -2.10. The van der Waals surface area contributed by atoms with E-state index >= 15 is 0 Å². The molecule has 0 saturated heterocycles. The average Bonchev–Trinajstić information content (AvgIpc) is 2.25. The maximum absolute atomic E-state index is 6.04. The van der Waals surface area contributed by atoms with Gasteiger partial charge in [-0.3, -0.25) is 0 Å². The van der Waals surface area contributed by atoms with Crippen LogP contribution in [-0.2, 0) is 0 Å². The summed E-state index contributed by atoms with van der Waals surface area (Å²) < 4.78 is 5.65. The van der Waals surface area contributed by atoms with Crippen molar-refractivity contribution >= 4 is 48.5 Å². The van der Waals surface area contributed by atoms with Crippen molar-refractivity contribution in [2.75, 3.05) is 0 Å². The lowest BCUT2D eigenvalue weighted by molar-refractivity contribution is 0.471. The lowest BCUT2D eigenvalue weighted by Crippen LogP contribution is -1.86. The zero-order chi connectivity index (χ0) is 12.4. The molecule has 0 aliphatic carbocycles. The monoisotopic (exact) mass is 302 g/mol. The van der Waals surface area contributed by atoms with Crippen molar-refractivity contribution in [2.45, 2.75) is 9.79 Å². The molecular weight excluding hydrogens is 295 g/mol. The van der Waals surface area contributed by atoms with Crippen molar-refractivity contribution in [1.82, 2.24) is 0 Å². The Morgan fingerprint density at radius 1 is 0.882 bits per heavy atom. The Balaban J connectivity index is 2.31. The van der Waals surface area contributed by atoms with Gasteiger partial charge in [0.2, 0.25) is 0 Å². The maximum Gasteiger partial charge on any atom is 0.146 e. The van der Waals surface area contributed by atoms with Gasteiger partial charge in [-0.2, -0.15) is 0 Å². The van der Waals surface area contributed by atoms with Crippen LogP contribution in [0, 0.1) is 0 Å².